The minimum Gasteiger partial charge on any atom is -0.465 e. The number of rotatable bonds is 4. The van der Waals surface area contributed by atoms with E-state index in [4.69, 9.17) is 20.9 Å². The highest BCUT2D eigenvalue weighted by Gasteiger charge is 2.24. The van der Waals surface area contributed by atoms with E-state index in [0.717, 1.165) is 54.9 Å². The van der Waals surface area contributed by atoms with Crippen LogP contribution in [0.3, 0.4) is 0 Å². The molecule has 0 bridgehead atoms. The molecule has 0 amide bonds. The Bertz CT molecular complexity index is 718. The zero-order chi connectivity index (χ0) is 17.3. The number of hydrogen-bond acceptors (Lipinski definition) is 8. The smallest absolute Gasteiger partial charge is 0.351 e. The van der Waals surface area contributed by atoms with Crippen molar-refractivity contribution in [1.29, 1.82) is 0 Å². The lowest BCUT2D eigenvalue weighted by Gasteiger charge is -2.34. The van der Waals surface area contributed by atoms with Crippen molar-refractivity contribution in [3.8, 4) is 0 Å². The van der Waals surface area contributed by atoms with Crippen molar-refractivity contribution in [3.05, 3.63) is 27.0 Å². The molecule has 7 nitrogen and oxygen atoms in total. The van der Waals surface area contributed by atoms with Crippen LogP contribution in [0.15, 0.2) is 4.52 Å². The van der Waals surface area contributed by atoms with Crippen molar-refractivity contribution in [2.45, 2.75) is 20.4 Å². The molecule has 3 rings (SSSR count). The molecule has 0 aromatic carbocycles. The molecule has 0 atom stereocenters. The molecule has 1 aliphatic heterocycles. The maximum atomic E-state index is 11.6. The average Bonchev–Trinajstić information content (AvgIpc) is 3.12. The Kier molecular flexibility index (Phi) is 5.07. The molecule has 0 spiro atoms. The number of hydrogen-bond donors (Lipinski definition) is 0. The Morgan fingerprint density at radius 2 is 2.04 bits per heavy atom. The van der Waals surface area contributed by atoms with Crippen LogP contribution >= 0.6 is 22.9 Å². The molecule has 0 N–H and O–H groups in total. The number of halogens is 1. The van der Waals surface area contributed by atoms with Crippen LogP contribution in [0.1, 0.15) is 26.7 Å². The van der Waals surface area contributed by atoms with Crippen molar-refractivity contribution in [3.63, 3.8) is 0 Å². The van der Waals surface area contributed by atoms with E-state index in [1.165, 1.54) is 18.4 Å². The number of carbonyl (C=O) groups is 1. The summed E-state index contributed by atoms with van der Waals surface area (Å²) in [5.74, 6) is 0.435. The van der Waals surface area contributed by atoms with Gasteiger partial charge in [0.25, 0.3) is 0 Å². The van der Waals surface area contributed by atoms with E-state index in [-0.39, 0.29) is 5.15 Å². The van der Waals surface area contributed by atoms with Gasteiger partial charge in [0, 0.05) is 38.3 Å². The van der Waals surface area contributed by atoms with E-state index < -0.39 is 5.97 Å². The lowest BCUT2D eigenvalue weighted by Crippen LogP contribution is -2.46. The van der Waals surface area contributed by atoms with Crippen LogP contribution in [0, 0.1) is 13.8 Å². The quantitative estimate of drug-likeness (QED) is 0.765. The number of aromatic nitrogens is 2. The van der Waals surface area contributed by atoms with E-state index in [2.05, 4.69) is 19.9 Å². The van der Waals surface area contributed by atoms with Crippen molar-refractivity contribution in [2.24, 2.45) is 0 Å². The van der Waals surface area contributed by atoms with E-state index in [0.29, 0.717) is 4.88 Å². The van der Waals surface area contributed by atoms with Gasteiger partial charge < -0.3 is 14.2 Å². The lowest BCUT2D eigenvalue weighted by atomic mass is 10.2. The second-order valence-corrected chi connectivity index (χ2v) is 7.01. The van der Waals surface area contributed by atoms with Crippen molar-refractivity contribution in [1.82, 2.24) is 15.0 Å². The summed E-state index contributed by atoms with van der Waals surface area (Å²) in [6, 6.07) is 0. The maximum Gasteiger partial charge on any atom is 0.351 e. The second kappa shape index (κ2) is 7.08. The van der Waals surface area contributed by atoms with Gasteiger partial charge in [0.1, 0.15) is 5.76 Å². The van der Waals surface area contributed by atoms with Gasteiger partial charge in [-0.15, -0.1) is 0 Å². The zero-order valence-corrected chi connectivity index (χ0v) is 15.4. The first kappa shape index (κ1) is 17.2. The summed E-state index contributed by atoms with van der Waals surface area (Å²) in [6.07, 6.45) is 0. The molecule has 1 saturated heterocycles. The van der Waals surface area contributed by atoms with Crippen LogP contribution in [-0.2, 0) is 11.3 Å². The first-order chi connectivity index (χ1) is 11.5. The van der Waals surface area contributed by atoms with Crippen molar-refractivity contribution >= 4 is 34.0 Å². The molecular formula is C15H19ClN4O3S. The summed E-state index contributed by atoms with van der Waals surface area (Å²) < 4.78 is 9.94. The SMILES string of the molecule is COC(=O)c1sc(N2CCN(Cc3c(C)noc3C)CC2)nc1Cl. The number of carbonyl (C=O) groups excluding carboxylic acids is 1. The standard InChI is InChI=1S/C15H19ClN4O3S/c1-9-11(10(2)23-18-9)8-19-4-6-20(7-5-19)15-17-13(16)12(24-15)14(21)22-3/h4-8H2,1-3H3. The molecule has 0 saturated carbocycles. The Balaban J connectivity index is 1.62. The molecule has 3 heterocycles. The average molecular weight is 371 g/mol. The topological polar surface area (TPSA) is 71.7 Å². The summed E-state index contributed by atoms with van der Waals surface area (Å²) in [5.41, 5.74) is 2.11. The Hall–Kier alpha value is -1.64. The van der Waals surface area contributed by atoms with Crippen LogP contribution in [-0.4, -0.2) is 54.3 Å². The third-order valence-electron chi connectivity index (χ3n) is 4.15. The highest BCUT2D eigenvalue weighted by molar-refractivity contribution is 7.18. The van der Waals surface area contributed by atoms with Crippen molar-refractivity contribution < 1.29 is 14.1 Å². The highest BCUT2D eigenvalue weighted by atomic mass is 35.5. The predicted octanol–water partition coefficient (Wildman–Crippen LogP) is 2.51. The van der Waals surface area contributed by atoms with Gasteiger partial charge in [0.15, 0.2) is 15.2 Å². The zero-order valence-electron chi connectivity index (χ0n) is 13.8. The highest BCUT2D eigenvalue weighted by Crippen LogP contribution is 2.31. The molecule has 0 unspecified atom stereocenters. The minimum absolute atomic E-state index is 0.208. The molecule has 2 aromatic heterocycles. The number of ether oxygens (including phenoxy) is 1. The molecule has 24 heavy (non-hydrogen) atoms. The van der Waals surface area contributed by atoms with Crippen LogP contribution in [0.5, 0.6) is 0 Å². The Morgan fingerprint density at radius 3 is 2.62 bits per heavy atom. The van der Waals surface area contributed by atoms with Gasteiger partial charge in [-0.25, -0.2) is 9.78 Å². The van der Waals surface area contributed by atoms with Gasteiger partial charge in [-0.2, -0.15) is 0 Å². The fraction of sp³-hybridized carbons (Fsp3) is 0.533. The largest absolute Gasteiger partial charge is 0.465 e. The summed E-state index contributed by atoms with van der Waals surface area (Å²) in [7, 11) is 1.34. The monoisotopic (exact) mass is 370 g/mol. The first-order valence-corrected chi connectivity index (χ1v) is 8.82. The molecule has 0 radical (unpaired) electrons. The molecule has 130 valence electrons. The number of aryl methyl sites for hydroxylation is 2. The second-order valence-electron chi connectivity index (χ2n) is 5.67. The molecule has 1 aliphatic rings. The van der Waals surface area contributed by atoms with E-state index >= 15 is 0 Å². The number of esters is 1. The number of anilines is 1. The van der Waals surface area contributed by atoms with Gasteiger partial charge in [-0.1, -0.05) is 28.1 Å². The number of thiazole rings is 1. The Morgan fingerprint density at radius 1 is 1.33 bits per heavy atom. The first-order valence-electron chi connectivity index (χ1n) is 7.63. The predicted molar refractivity (Wildman–Crippen MR) is 91.9 cm³/mol. The third kappa shape index (κ3) is 3.40. The molecule has 1 fully saturated rings. The van der Waals surface area contributed by atoms with Crippen LogP contribution in [0.25, 0.3) is 0 Å². The fourth-order valence-electron chi connectivity index (χ4n) is 2.69. The van der Waals surface area contributed by atoms with E-state index in [1.54, 1.807) is 0 Å². The van der Waals surface area contributed by atoms with E-state index in [9.17, 15) is 4.79 Å². The number of nitrogens with zero attached hydrogens (tertiary/aromatic N) is 4. The van der Waals surface area contributed by atoms with Crippen molar-refractivity contribution in [2.75, 3.05) is 38.2 Å². The maximum absolute atomic E-state index is 11.6. The molecule has 2 aromatic rings. The molecule has 9 heteroatoms. The van der Waals surface area contributed by atoms with Gasteiger partial charge in [-0.3, -0.25) is 4.90 Å². The number of methoxy groups -OCH3 is 1. The summed E-state index contributed by atoms with van der Waals surface area (Å²) >= 11 is 7.32. The summed E-state index contributed by atoms with van der Waals surface area (Å²) in [4.78, 5) is 20.8. The van der Waals surface area contributed by atoms with Gasteiger partial charge in [0.05, 0.1) is 12.8 Å². The summed E-state index contributed by atoms with van der Waals surface area (Å²) in [5, 5.41) is 4.97. The lowest BCUT2D eigenvalue weighted by molar-refractivity contribution is 0.0606. The van der Waals surface area contributed by atoms with Crippen LogP contribution < -0.4 is 4.90 Å². The molecule has 0 aliphatic carbocycles. The van der Waals surface area contributed by atoms with Gasteiger partial charge in [-0.05, 0) is 13.8 Å². The third-order valence-corrected chi connectivity index (χ3v) is 5.63. The normalized spacial score (nSPS) is 15.8. The Labute approximate surface area is 149 Å². The number of piperazine rings is 1. The van der Waals surface area contributed by atoms with E-state index in [1.807, 2.05) is 13.8 Å². The van der Waals surface area contributed by atoms with Crippen LogP contribution in [0.2, 0.25) is 5.15 Å². The van der Waals surface area contributed by atoms with Gasteiger partial charge >= 0.3 is 5.97 Å². The summed E-state index contributed by atoms with van der Waals surface area (Å²) in [6.45, 7) is 8.19. The molecular weight excluding hydrogens is 352 g/mol. The van der Waals surface area contributed by atoms with Gasteiger partial charge in [0.2, 0.25) is 0 Å². The van der Waals surface area contributed by atoms with Crippen LogP contribution in [0.4, 0.5) is 5.13 Å². The fourth-order valence-corrected chi connectivity index (χ4v) is 3.94. The minimum atomic E-state index is -0.444.